The van der Waals surface area contributed by atoms with E-state index in [1.807, 2.05) is 0 Å². The Kier molecular flexibility index (Phi) is 5.59. The molecule has 2 aromatic rings. The van der Waals surface area contributed by atoms with Crippen LogP contribution in [0.3, 0.4) is 0 Å². The first-order chi connectivity index (χ1) is 11.7. The predicted molar refractivity (Wildman–Crippen MR) is 84.8 cm³/mol. The highest BCUT2D eigenvalue weighted by Gasteiger charge is 2.17. The summed E-state index contributed by atoms with van der Waals surface area (Å²) in [6.07, 6.45) is 5.07. The lowest BCUT2D eigenvalue weighted by Gasteiger charge is -2.21. The van der Waals surface area contributed by atoms with E-state index in [1.54, 1.807) is 18.2 Å². The minimum absolute atomic E-state index is 0.0112. The Morgan fingerprint density at radius 1 is 1.33 bits per heavy atom. The van der Waals surface area contributed by atoms with Gasteiger partial charge in [-0.1, -0.05) is 12.1 Å². The highest BCUT2D eigenvalue weighted by molar-refractivity contribution is 5.69. The SMILES string of the molecule is O=C(CCc1ncc(-c2ccccc2F)o1)OCC1CCCCO1. The zero-order valence-corrected chi connectivity index (χ0v) is 13.4. The molecule has 128 valence electrons. The molecule has 0 amide bonds. The van der Waals surface area contributed by atoms with Gasteiger partial charge in [-0.25, -0.2) is 9.37 Å². The van der Waals surface area contributed by atoms with Crippen LogP contribution in [-0.4, -0.2) is 30.3 Å². The van der Waals surface area contributed by atoms with Crippen LogP contribution < -0.4 is 0 Å². The number of esters is 1. The van der Waals surface area contributed by atoms with Gasteiger partial charge in [-0.3, -0.25) is 4.79 Å². The van der Waals surface area contributed by atoms with Gasteiger partial charge in [-0.2, -0.15) is 0 Å². The maximum absolute atomic E-state index is 13.7. The lowest BCUT2D eigenvalue weighted by Crippen LogP contribution is -2.26. The van der Waals surface area contributed by atoms with Crippen molar-refractivity contribution in [1.29, 1.82) is 0 Å². The van der Waals surface area contributed by atoms with Crippen LogP contribution in [-0.2, 0) is 20.7 Å². The van der Waals surface area contributed by atoms with Gasteiger partial charge < -0.3 is 13.9 Å². The van der Waals surface area contributed by atoms with Crippen molar-refractivity contribution in [2.24, 2.45) is 0 Å². The summed E-state index contributed by atoms with van der Waals surface area (Å²) in [5, 5.41) is 0. The summed E-state index contributed by atoms with van der Waals surface area (Å²) in [7, 11) is 0. The Hall–Kier alpha value is -2.21. The Morgan fingerprint density at radius 2 is 2.21 bits per heavy atom. The van der Waals surface area contributed by atoms with Gasteiger partial charge in [-0.05, 0) is 31.4 Å². The van der Waals surface area contributed by atoms with E-state index in [0.717, 1.165) is 25.9 Å². The van der Waals surface area contributed by atoms with Crippen molar-refractivity contribution in [3.63, 3.8) is 0 Å². The molecule has 0 bridgehead atoms. The molecule has 1 aromatic heterocycles. The summed E-state index contributed by atoms with van der Waals surface area (Å²) >= 11 is 0. The number of nitrogens with zero attached hydrogens (tertiary/aromatic N) is 1. The molecule has 6 heteroatoms. The van der Waals surface area contributed by atoms with Crippen molar-refractivity contribution in [3.05, 3.63) is 42.2 Å². The largest absolute Gasteiger partial charge is 0.463 e. The Labute approximate surface area is 139 Å². The minimum Gasteiger partial charge on any atom is -0.463 e. The maximum atomic E-state index is 13.7. The zero-order chi connectivity index (χ0) is 16.8. The number of aryl methyl sites for hydroxylation is 1. The molecule has 1 aromatic carbocycles. The van der Waals surface area contributed by atoms with Crippen LogP contribution in [0.5, 0.6) is 0 Å². The summed E-state index contributed by atoms with van der Waals surface area (Å²) in [6.45, 7) is 1.03. The van der Waals surface area contributed by atoms with Crippen LogP contribution >= 0.6 is 0 Å². The average Bonchev–Trinajstić information content (AvgIpc) is 3.08. The van der Waals surface area contributed by atoms with Gasteiger partial charge in [0.05, 0.1) is 24.3 Å². The second-order valence-corrected chi connectivity index (χ2v) is 5.77. The molecule has 0 spiro atoms. The van der Waals surface area contributed by atoms with E-state index in [-0.39, 0.29) is 24.3 Å². The number of aromatic nitrogens is 1. The van der Waals surface area contributed by atoms with Crippen molar-refractivity contribution in [2.45, 2.75) is 38.2 Å². The van der Waals surface area contributed by atoms with Gasteiger partial charge in [0, 0.05) is 13.0 Å². The molecule has 0 radical (unpaired) electrons. The summed E-state index contributed by atoms with van der Waals surface area (Å²) < 4.78 is 29.9. The van der Waals surface area contributed by atoms with Crippen LogP contribution in [0.4, 0.5) is 4.39 Å². The lowest BCUT2D eigenvalue weighted by molar-refractivity contribution is -0.149. The van der Waals surface area contributed by atoms with Gasteiger partial charge >= 0.3 is 5.97 Å². The third-order valence-corrected chi connectivity index (χ3v) is 3.94. The third kappa shape index (κ3) is 4.41. The lowest BCUT2D eigenvalue weighted by atomic mass is 10.1. The van der Waals surface area contributed by atoms with E-state index in [1.165, 1.54) is 12.3 Å². The van der Waals surface area contributed by atoms with E-state index < -0.39 is 0 Å². The summed E-state index contributed by atoms with van der Waals surface area (Å²) in [4.78, 5) is 15.9. The number of carbonyl (C=O) groups is 1. The van der Waals surface area contributed by atoms with Crippen LogP contribution in [0, 0.1) is 5.82 Å². The molecule has 5 nitrogen and oxygen atoms in total. The van der Waals surface area contributed by atoms with Crippen LogP contribution in [0.2, 0.25) is 0 Å². The quantitative estimate of drug-likeness (QED) is 0.757. The molecule has 24 heavy (non-hydrogen) atoms. The highest BCUT2D eigenvalue weighted by atomic mass is 19.1. The van der Waals surface area contributed by atoms with E-state index in [4.69, 9.17) is 13.9 Å². The molecule has 0 N–H and O–H groups in total. The second kappa shape index (κ2) is 8.06. The van der Waals surface area contributed by atoms with Gasteiger partial charge in [0.2, 0.25) is 0 Å². The van der Waals surface area contributed by atoms with Gasteiger partial charge in [0.15, 0.2) is 11.7 Å². The van der Waals surface area contributed by atoms with Gasteiger partial charge in [0.1, 0.15) is 12.4 Å². The standard InChI is InChI=1S/C18H20FNO4/c19-15-7-2-1-6-14(15)16-11-20-17(24-16)8-9-18(21)23-12-13-5-3-4-10-22-13/h1-2,6-7,11,13H,3-5,8-10,12H2. The fraction of sp³-hybridized carbons (Fsp3) is 0.444. The fourth-order valence-electron chi connectivity index (χ4n) is 2.62. The number of benzene rings is 1. The third-order valence-electron chi connectivity index (χ3n) is 3.94. The molecular weight excluding hydrogens is 313 g/mol. The molecule has 1 atom stereocenters. The monoisotopic (exact) mass is 333 g/mol. The van der Waals surface area contributed by atoms with E-state index >= 15 is 0 Å². The Balaban J connectivity index is 1.46. The number of halogens is 1. The topological polar surface area (TPSA) is 61.6 Å². The zero-order valence-electron chi connectivity index (χ0n) is 13.4. The molecule has 1 fully saturated rings. The van der Waals surface area contributed by atoms with Crippen molar-refractivity contribution in [3.8, 4) is 11.3 Å². The molecule has 0 saturated carbocycles. The minimum atomic E-state index is -0.368. The summed E-state index contributed by atoms with van der Waals surface area (Å²) in [5.74, 6) is 0.0631. The number of hydrogen-bond acceptors (Lipinski definition) is 5. The highest BCUT2D eigenvalue weighted by Crippen LogP contribution is 2.23. The molecule has 1 unspecified atom stereocenters. The van der Waals surface area contributed by atoms with E-state index in [0.29, 0.717) is 30.2 Å². The number of carbonyl (C=O) groups excluding carboxylic acids is 1. The number of rotatable bonds is 6. The molecule has 3 rings (SSSR count). The first-order valence-corrected chi connectivity index (χ1v) is 8.19. The summed E-state index contributed by atoms with van der Waals surface area (Å²) in [5.41, 5.74) is 0.355. The number of ether oxygens (including phenoxy) is 2. The fourth-order valence-corrected chi connectivity index (χ4v) is 2.62. The van der Waals surface area contributed by atoms with Crippen LogP contribution in [0.15, 0.2) is 34.9 Å². The first kappa shape index (κ1) is 16.6. The molecular formula is C18H20FNO4. The van der Waals surface area contributed by atoms with Crippen molar-refractivity contribution in [1.82, 2.24) is 4.98 Å². The smallest absolute Gasteiger partial charge is 0.306 e. The normalized spacial score (nSPS) is 17.6. The van der Waals surface area contributed by atoms with Crippen molar-refractivity contribution >= 4 is 5.97 Å². The summed E-state index contributed by atoms with van der Waals surface area (Å²) in [6, 6.07) is 6.33. The Bertz CT molecular complexity index is 679. The van der Waals surface area contributed by atoms with Gasteiger partial charge in [0.25, 0.3) is 0 Å². The molecule has 1 saturated heterocycles. The molecule has 1 aliphatic rings. The average molecular weight is 333 g/mol. The molecule has 2 heterocycles. The first-order valence-electron chi connectivity index (χ1n) is 8.19. The van der Waals surface area contributed by atoms with E-state index in [9.17, 15) is 9.18 Å². The Morgan fingerprint density at radius 3 is 3.00 bits per heavy atom. The number of oxazole rings is 1. The van der Waals surface area contributed by atoms with Crippen LogP contribution in [0.25, 0.3) is 11.3 Å². The molecule has 0 aliphatic carbocycles. The predicted octanol–water partition coefficient (Wildman–Crippen LogP) is 3.53. The van der Waals surface area contributed by atoms with E-state index in [2.05, 4.69) is 4.98 Å². The van der Waals surface area contributed by atoms with Gasteiger partial charge in [-0.15, -0.1) is 0 Å². The maximum Gasteiger partial charge on any atom is 0.306 e. The van der Waals surface area contributed by atoms with Crippen LogP contribution in [0.1, 0.15) is 31.6 Å². The second-order valence-electron chi connectivity index (χ2n) is 5.77. The van der Waals surface area contributed by atoms with Crippen molar-refractivity contribution < 1.29 is 23.1 Å². The van der Waals surface area contributed by atoms with Crippen molar-refractivity contribution in [2.75, 3.05) is 13.2 Å². The number of hydrogen-bond donors (Lipinski definition) is 0. The molecule has 1 aliphatic heterocycles.